The predicted octanol–water partition coefficient (Wildman–Crippen LogP) is 5.75. The molecular formula is C26H26N2O4S. The summed E-state index contributed by atoms with van der Waals surface area (Å²) in [7, 11) is 4.82. The van der Waals surface area contributed by atoms with Crippen molar-refractivity contribution in [2.45, 2.75) is 24.8 Å². The summed E-state index contributed by atoms with van der Waals surface area (Å²) in [5.41, 5.74) is 4.39. The number of ketones is 1. The minimum atomic E-state index is -0.400. The zero-order valence-corrected chi connectivity index (χ0v) is 19.6. The van der Waals surface area contributed by atoms with Gasteiger partial charge in [0.05, 0.1) is 38.7 Å². The van der Waals surface area contributed by atoms with Gasteiger partial charge in [0.1, 0.15) is 5.75 Å². The number of carbonyl (C=O) groups is 1. The first-order valence-electron chi connectivity index (χ1n) is 10.8. The van der Waals surface area contributed by atoms with Gasteiger partial charge < -0.3 is 24.8 Å². The molecule has 33 heavy (non-hydrogen) atoms. The van der Waals surface area contributed by atoms with Crippen LogP contribution in [0.3, 0.4) is 0 Å². The number of methoxy groups -OCH3 is 3. The number of nitrogens with one attached hydrogen (secondary N) is 2. The maximum atomic E-state index is 13.7. The molecule has 0 unspecified atom stereocenters. The lowest BCUT2D eigenvalue weighted by Gasteiger charge is -2.30. The summed E-state index contributed by atoms with van der Waals surface area (Å²) in [6.07, 6.45) is 1.24. The fourth-order valence-corrected chi connectivity index (χ4v) is 5.56. The smallest absolute Gasteiger partial charge is 0.164 e. The molecule has 0 saturated carbocycles. The van der Waals surface area contributed by atoms with E-state index in [0.717, 1.165) is 34.6 Å². The van der Waals surface area contributed by atoms with E-state index < -0.39 is 6.04 Å². The number of hydrogen-bond donors (Lipinski definition) is 2. The quantitative estimate of drug-likeness (QED) is 0.503. The van der Waals surface area contributed by atoms with E-state index in [1.54, 1.807) is 32.7 Å². The zero-order chi connectivity index (χ0) is 22.9. The number of allylic oxidation sites excluding steroid dienone is 1. The number of carbonyl (C=O) groups excluding carboxylic acids is 1. The van der Waals surface area contributed by atoms with Crippen LogP contribution >= 0.6 is 11.3 Å². The van der Waals surface area contributed by atoms with Crippen LogP contribution in [0.4, 0.5) is 11.4 Å². The molecule has 2 N–H and O–H groups in total. The molecule has 1 aliphatic heterocycles. The Hall–Kier alpha value is -3.45. The molecule has 0 fully saturated rings. The Kier molecular flexibility index (Phi) is 5.72. The summed E-state index contributed by atoms with van der Waals surface area (Å²) in [5, 5.41) is 9.25. The molecule has 1 aliphatic carbocycles. The van der Waals surface area contributed by atoms with Crippen LogP contribution in [0, 0.1) is 0 Å². The molecule has 3 aromatic rings. The number of anilines is 2. The van der Waals surface area contributed by atoms with E-state index in [1.165, 1.54) is 4.88 Å². The zero-order valence-electron chi connectivity index (χ0n) is 18.8. The van der Waals surface area contributed by atoms with Crippen LogP contribution in [0.15, 0.2) is 65.2 Å². The van der Waals surface area contributed by atoms with Crippen LogP contribution in [-0.4, -0.2) is 27.1 Å². The van der Waals surface area contributed by atoms with Gasteiger partial charge >= 0.3 is 0 Å². The molecule has 7 heteroatoms. The molecule has 0 bridgehead atoms. The summed E-state index contributed by atoms with van der Waals surface area (Å²) >= 11 is 1.71. The van der Waals surface area contributed by atoms with Gasteiger partial charge in [0.15, 0.2) is 17.3 Å². The van der Waals surface area contributed by atoms with Crippen molar-refractivity contribution >= 4 is 28.5 Å². The molecule has 5 rings (SSSR count). The Balaban J connectivity index is 1.68. The highest BCUT2D eigenvalue weighted by Gasteiger charge is 2.37. The summed E-state index contributed by atoms with van der Waals surface area (Å²) in [6, 6.07) is 15.5. The first kappa shape index (κ1) is 21.4. The van der Waals surface area contributed by atoms with Crippen LogP contribution in [0.1, 0.15) is 35.2 Å². The summed E-state index contributed by atoms with van der Waals surface area (Å²) in [4.78, 5) is 14.9. The van der Waals surface area contributed by atoms with Gasteiger partial charge in [-0.15, -0.1) is 11.3 Å². The largest absolute Gasteiger partial charge is 0.496 e. The van der Waals surface area contributed by atoms with Crippen LogP contribution in [0.2, 0.25) is 0 Å². The van der Waals surface area contributed by atoms with Gasteiger partial charge in [0.25, 0.3) is 0 Å². The molecular weight excluding hydrogens is 436 g/mol. The van der Waals surface area contributed by atoms with E-state index in [9.17, 15) is 4.79 Å². The minimum Gasteiger partial charge on any atom is -0.496 e. The van der Waals surface area contributed by atoms with Crippen molar-refractivity contribution in [3.05, 3.63) is 75.6 Å². The average molecular weight is 463 g/mol. The summed E-state index contributed by atoms with van der Waals surface area (Å²) in [5.74, 6) is 2.09. The van der Waals surface area contributed by atoms with Crippen molar-refractivity contribution in [3.63, 3.8) is 0 Å². The van der Waals surface area contributed by atoms with E-state index in [0.29, 0.717) is 23.7 Å². The third-order valence-electron chi connectivity index (χ3n) is 6.30. The van der Waals surface area contributed by atoms with Crippen molar-refractivity contribution in [1.29, 1.82) is 0 Å². The SMILES string of the molecule is COc1cc(OC)c([C@@H]2Nc3ccccc3NC3=C2C(=O)C[C@@H](c2cccs2)C3)cc1OC. The van der Waals surface area contributed by atoms with Gasteiger partial charge in [-0.3, -0.25) is 4.79 Å². The fraction of sp³-hybridized carbons (Fsp3) is 0.269. The molecule has 1 aromatic heterocycles. The number of ether oxygens (including phenoxy) is 3. The van der Waals surface area contributed by atoms with Crippen LogP contribution in [0.25, 0.3) is 0 Å². The highest BCUT2D eigenvalue weighted by molar-refractivity contribution is 7.10. The van der Waals surface area contributed by atoms with E-state index in [1.807, 2.05) is 42.5 Å². The van der Waals surface area contributed by atoms with E-state index >= 15 is 0 Å². The van der Waals surface area contributed by atoms with E-state index in [-0.39, 0.29) is 11.7 Å². The Morgan fingerprint density at radius 1 is 0.879 bits per heavy atom. The fourth-order valence-electron chi connectivity index (χ4n) is 4.73. The standard InChI is InChI=1S/C26H26N2O4S/c1-30-21-14-23(32-3)22(31-2)13-16(21)26-25-19(27-17-7-4-5-8-18(17)28-26)11-15(12-20(25)29)24-9-6-10-33-24/h4-10,13-15,26-28H,11-12H2,1-3H3/t15-,26-/m0/s1. The second-order valence-corrected chi connectivity index (χ2v) is 9.11. The summed E-state index contributed by atoms with van der Waals surface area (Å²) < 4.78 is 16.8. The van der Waals surface area contributed by atoms with Crippen molar-refractivity contribution in [2.24, 2.45) is 0 Å². The van der Waals surface area contributed by atoms with Gasteiger partial charge in [0, 0.05) is 40.1 Å². The van der Waals surface area contributed by atoms with Crippen molar-refractivity contribution in [3.8, 4) is 17.2 Å². The predicted molar refractivity (Wildman–Crippen MR) is 131 cm³/mol. The average Bonchev–Trinajstić information content (AvgIpc) is 3.32. The second kappa shape index (κ2) is 8.83. The monoisotopic (exact) mass is 462 g/mol. The van der Waals surface area contributed by atoms with Gasteiger partial charge in [0.2, 0.25) is 0 Å². The van der Waals surface area contributed by atoms with Crippen molar-refractivity contribution < 1.29 is 19.0 Å². The topological polar surface area (TPSA) is 68.8 Å². The third kappa shape index (κ3) is 3.82. The number of benzene rings is 2. The third-order valence-corrected chi connectivity index (χ3v) is 7.34. The summed E-state index contributed by atoms with van der Waals surface area (Å²) in [6.45, 7) is 0. The highest BCUT2D eigenvalue weighted by atomic mass is 32.1. The molecule has 0 amide bonds. The lowest BCUT2D eigenvalue weighted by molar-refractivity contribution is -0.116. The highest BCUT2D eigenvalue weighted by Crippen LogP contribution is 2.48. The van der Waals surface area contributed by atoms with E-state index in [2.05, 4.69) is 22.1 Å². The molecule has 6 nitrogen and oxygen atoms in total. The number of Topliss-reactive ketones (excluding diaryl/α,β-unsaturated/α-hetero) is 1. The molecule has 2 aliphatic rings. The first-order chi connectivity index (χ1) is 16.1. The normalized spacial score (nSPS) is 19.5. The first-order valence-corrected chi connectivity index (χ1v) is 11.7. The Labute approximate surface area is 197 Å². The molecule has 170 valence electrons. The second-order valence-electron chi connectivity index (χ2n) is 8.13. The number of fused-ring (bicyclic) bond motifs is 1. The van der Waals surface area contributed by atoms with Crippen LogP contribution < -0.4 is 24.8 Å². The molecule has 2 heterocycles. The van der Waals surface area contributed by atoms with Crippen LogP contribution in [0.5, 0.6) is 17.2 Å². The van der Waals surface area contributed by atoms with Crippen molar-refractivity contribution in [1.82, 2.24) is 0 Å². The molecule has 0 spiro atoms. The van der Waals surface area contributed by atoms with Gasteiger partial charge in [-0.2, -0.15) is 0 Å². The molecule has 2 atom stereocenters. The Morgan fingerprint density at radius 3 is 2.30 bits per heavy atom. The van der Waals surface area contributed by atoms with Crippen molar-refractivity contribution in [2.75, 3.05) is 32.0 Å². The lowest BCUT2D eigenvalue weighted by atomic mass is 9.80. The van der Waals surface area contributed by atoms with Gasteiger partial charge in [-0.1, -0.05) is 18.2 Å². The number of para-hydroxylation sites is 2. The minimum absolute atomic E-state index is 0.129. The van der Waals surface area contributed by atoms with Gasteiger partial charge in [-0.05, 0) is 36.1 Å². The maximum absolute atomic E-state index is 13.7. The lowest BCUT2D eigenvalue weighted by Crippen LogP contribution is -2.27. The van der Waals surface area contributed by atoms with Gasteiger partial charge in [-0.25, -0.2) is 0 Å². The number of thiophene rings is 1. The molecule has 2 aromatic carbocycles. The molecule has 0 saturated heterocycles. The number of rotatable bonds is 5. The van der Waals surface area contributed by atoms with Crippen LogP contribution in [-0.2, 0) is 4.79 Å². The Bertz CT molecular complexity index is 1220. The van der Waals surface area contributed by atoms with E-state index in [4.69, 9.17) is 14.2 Å². The molecule has 0 radical (unpaired) electrons. The number of hydrogen-bond acceptors (Lipinski definition) is 7. The maximum Gasteiger partial charge on any atom is 0.164 e. The Morgan fingerprint density at radius 2 is 1.61 bits per heavy atom.